The summed E-state index contributed by atoms with van der Waals surface area (Å²) in [5, 5.41) is 15.5. The number of hydrogen-bond acceptors (Lipinski definition) is 7. The van der Waals surface area contributed by atoms with Gasteiger partial charge in [-0.05, 0) is 5.92 Å². The molecule has 0 aliphatic heterocycles. The van der Waals surface area contributed by atoms with Crippen molar-refractivity contribution in [2.24, 2.45) is 5.92 Å². The van der Waals surface area contributed by atoms with Crippen molar-refractivity contribution >= 4 is 28.2 Å². The first-order valence-electron chi connectivity index (χ1n) is 6.38. The molecule has 0 radical (unpaired) electrons. The van der Waals surface area contributed by atoms with Crippen LogP contribution in [0.4, 0.5) is 10.9 Å². The predicted molar refractivity (Wildman–Crippen MR) is 80.1 cm³/mol. The zero-order valence-corrected chi connectivity index (χ0v) is 12.8. The molecule has 1 rings (SSSR count). The van der Waals surface area contributed by atoms with E-state index in [1.165, 1.54) is 18.4 Å². The zero-order valence-electron chi connectivity index (χ0n) is 12.0. The van der Waals surface area contributed by atoms with Crippen LogP contribution in [0.5, 0.6) is 0 Å². The Morgan fingerprint density at radius 2 is 2.25 bits per heavy atom. The Morgan fingerprint density at radius 3 is 2.80 bits per heavy atom. The third-order valence-electron chi connectivity index (χ3n) is 2.44. The van der Waals surface area contributed by atoms with E-state index in [2.05, 4.69) is 29.5 Å². The number of carbonyl (C=O) groups is 1. The first-order valence-corrected chi connectivity index (χ1v) is 7.20. The van der Waals surface area contributed by atoms with Crippen LogP contribution in [0.2, 0.25) is 0 Å². The van der Waals surface area contributed by atoms with Crippen molar-refractivity contribution in [2.45, 2.75) is 19.9 Å². The minimum absolute atomic E-state index is 0.188. The standard InChI is InChI=1S/C12H22N4O3S/c1-7(2)4-14-12-16-10(13)9(20-12)11(18)15-8(5-17)6-19-3/h7-8,17H,4-6,13H2,1-3H3,(H,14,16)(H,15,18). The minimum atomic E-state index is -0.457. The maximum atomic E-state index is 12.0. The number of ether oxygens (including phenoxy) is 1. The van der Waals surface area contributed by atoms with Gasteiger partial charge in [0.2, 0.25) is 0 Å². The molecular weight excluding hydrogens is 280 g/mol. The summed E-state index contributed by atoms with van der Waals surface area (Å²) < 4.78 is 4.90. The molecule has 0 spiro atoms. The van der Waals surface area contributed by atoms with Crippen LogP contribution >= 0.6 is 11.3 Å². The van der Waals surface area contributed by atoms with Crippen molar-refractivity contribution in [3.05, 3.63) is 4.88 Å². The third kappa shape index (κ3) is 4.95. The number of aliphatic hydroxyl groups excluding tert-OH is 1. The molecule has 5 N–H and O–H groups in total. The lowest BCUT2D eigenvalue weighted by molar-refractivity contribution is 0.0844. The van der Waals surface area contributed by atoms with Crippen LogP contribution in [-0.4, -0.2) is 48.9 Å². The quantitative estimate of drug-likeness (QED) is 0.558. The fraction of sp³-hybridized carbons (Fsp3) is 0.667. The van der Waals surface area contributed by atoms with Gasteiger partial charge >= 0.3 is 0 Å². The van der Waals surface area contributed by atoms with Crippen molar-refractivity contribution in [3.8, 4) is 0 Å². The molecule has 1 heterocycles. The summed E-state index contributed by atoms with van der Waals surface area (Å²) in [5.74, 6) is 0.305. The first-order chi connectivity index (χ1) is 9.47. The van der Waals surface area contributed by atoms with Crippen LogP contribution in [0.25, 0.3) is 0 Å². The van der Waals surface area contributed by atoms with Crippen LogP contribution in [0, 0.1) is 5.92 Å². The first kappa shape index (κ1) is 16.7. The maximum Gasteiger partial charge on any atom is 0.265 e. The number of nitrogens with zero attached hydrogens (tertiary/aromatic N) is 1. The number of nitrogens with one attached hydrogen (secondary N) is 2. The lowest BCUT2D eigenvalue weighted by Gasteiger charge is -2.14. The molecular formula is C12H22N4O3S. The molecule has 0 aliphatic carbocycles. The Bertz CT molecular complexity index is 436. The molecule has 0 aliphatic rings. The number of nitrogens with two attached hydrogens (primary N) is 1. The highest BCUT2D eigenvalue weighted by Gasteiger charge is 2.19. The molecule has 1 unspecified atom stereocenters. The number of hydrogen-bond donors (Lipinski definition) is 4. The molecule has 1 amide bonds. The number of aliphatic hydroxyl groups is 1. The topological polar surface area (TPSA) is 110 Å². The van der Waals surface area contributed by atoms with Gasteiger partial charge in [0.25, 0.3) is 5.91 Å². The summed E-state index contributed by atoms with van der Waals surface area (Å²) in [6.07, 6.45) is 0. The van der Waals surface area contributed by atoms with E-state index in [9.17, 15) is 4.79 Å². The molecule has 0 fully saturated rings. The highest BCUT2D eigenvalue weighted by molar-refractivity contribution is 7.18. The van der Waals surface area contributed by atoms with Crippen molar-refractivity contribution in [3.63, 3.8) is 0 Å². The number of rotatable bonds is 8. The molecule has 0 aromatic carbocycles. The van der Waals surface area contributed by atoms with E-state index >= 15 is 0 Å². The Balaban J connectivity index is 2.68. The number of thiazole rings is 1. The summed E-state index contributed by atoms with van der Waals surface area (Å²) >= 11 is 1.20. The van der Waals surface area contributed by atoms with Crippen LogP contribution in [0.15, 0.2) is 0 Å². The second-order valence-electron chi connectivity index (χ2n) is 4.82. The van der Waals surface area contributed by atoms with Crippen LogP contribution in [0.3, 0.4) is 0 Å². The summed E-state index contributed by atoms with van der Waals surface area (Å²) in [4.78, 5) is 16.5. The van der Waals surface area contributed by atoms with Crippen molar-refractivity contribution in [1.82, 2.24) is 10.3 Å². The maximum absolute atomic E-state index is 12.0. The van der Waals surface area contributed by atoms with Gasteiger partial charge in [0.15, 0.2) is 5.13 Å². The predicted octanol–water partition coefficient (Wildman–Crippen LogP) is 0.530. The Kier molecular flexibility index (Phi) is 6.69. The summed E-state index contributed by atoms with van der Waals surface area (Å²) in [5.41, 5.74) is 5.74. The fourth-order valence-electron chi connectivity index (χ4n) is 1.45. The van der Waals surface area contributed by atoms with Gasteiger partial charge in [-0.25, -0.2) is 4.98 Å². The van der Waals surface area contributed by atoms with Gasteiger partial charge < -0.3 is 26.2 Å². The van der Waals surface area contributed by atoms with Crippen LogP contribution in [0.1, 0.15) is 23.5 Å². The normalized spacial score (nSPS) is 12.4. The van der Waals surface area contributed by atoms with Crippen molar-refractivity contribution in [2.75, 3.05) is 37.9 Å². The Hall–Kier alpha value is -1.38. The number of anilines is 2. The molecule has 7 nitrogen and oxygen atoms in total. The van der Waals surface area contributed by atoms with Gasteiger partial charge in [-0.2, -0.15) is 0 Å². The Labute approximate surface area is 122 Å². The number of nitrogen functional groups attached to an aromatic ring is 1. The smallest absolute Gasteiger partial charge is 0.265 e. The van der Waals surface area contributed by atoms with E-state index in [-0.39, 0.29) is 24.9 Å². The molecule has 1 aromatic heterocycles. The average Bonchev–Trinajstić information content (AvgIpc) is 2.77. The summed E-state index contributed by atoms with van der Waals surface area (Å²) in [6.45, 7) is 4.95. The summed E-state index contributed by atoms with van der Waals surface area (Å²) in [7, 11) is 1.50. The van der Waals surface area contributed by atoms with E-state index in [0.717, 1.165) is 6.54 Å². The molecule has 0 saturated heterocycles. The van der Waals surface area contributed by atoms with Crippen molar-refractivity contribution in [1.29, 1.82) is 0 Å². The van der Waals surface area contributed by atoms with Gasteiger partial charge in [-0.1, -0.05) is 25.2 Å². The Morgan fingerprint density at radius 1 is 1.55 bits per heavy atom. The van der Waals surface area contributed by atoms with E-state index in [1.807, 2.05) is 0 Å². The van der Waals surface area contributed by atoms with Gasteiger partial charge in [0.1, 0.15) is 10.7 Å². The highest BCUT2D eigenvalue weighted by Crippen LogP contribution is 2.25. The molecule has 1 aromatic rings. The van der Waals surface area contributed by atoms with E-state index in [1.54, 1.807) is 0 Å². The van der Waals surface area contributed by atoms with Gasteiger partial charge in [0.05, 0.1) is 19.3 Å². The van der Waals surface area contributed by atoms with Crippen LogP contribution in [-0.2, 0) is 4.74 Å². The lowest BCUT2D eigenvalue weighted by Crippen LogP contribution is -2.40. The van der Waals surface area contributed by atoms with E-state index in [4.69, 9.17) is 15.6 Å². The number of amides is 1. The zero-order chi connectivity index (χ0) is 15.1. The van der Waals surface area contributed by atoms with Gasteiger partial charge in [-0.3, -0.25) is 4.79 Å². The molecule has 1 atom stereocenters. The molecule has 114 valence electrons. The van der Waals surface area contributed by atoms with Gasteiger partial charge in [0, 0.05) is 13.7 Å². The number of methoxy groups -OCH3 is 1. The van der Waals surface area contributed by atoms with Crippen LogP contribution < -0.4 is 16.4 Å². The monoisotopic (exact) mass is 302 g/mol. The minimum Gasteiger partial charge on any atom is -0.394 e. The molecule has 20 heavy (non-hydrogen) atoms. The average molecular weight is 302 g/mol. The summed E-state index contributed by atoms with van der Waals surface area (Å²) in [6, 6.07) is -0.457. The van der Waals surface area contributed by atoms with Gasteiger partial charge in [-0.15, -0.1) is 0 Å². The van der Waals surface area contributed by atoms with Crippen molar-refractivity contribution < 1.29 is 14.6 Å². The lowest BCUT2D eigenvalue weighted by atomic mass is 10.2. The molecule has 8 heteroatoms. The number of carbonyl (C=O) groups excluding carboxylic acids is 1. The molecule has 0 bridgehead atoms. The fourth-order valence-corrected chi connectivity index (χ4v) is 2.25. The molecule has 0 saturated carbocycles. The van der Waals surface area contributed by atoms with E-state index in [0.29, 0.717) is 15.9 Å². The third-order valence-corrected chi connectivity index (χ3v) is 3.47. The largest absolute Gasteiger partial charge is 0.394 e. The second-order valence-corrected chi connectivity index (χ2v) is 5.82. The van der Waals surface area contributed by atoms with E-state index < -0.39 is 6.04 Å². The second kappa shape index (κ2) is 8.03. The highest BCUT2D eigenvalue weighted by atomic mass is 32.1. The SMILES string of the molecule is COCC(CO)NC(=O)c1sc(NCC(C)C)nc1N. The number of aromatic nitrogens is 1.